The molecule has 0 amide bonds. The highest BCUT2D eigenvalue weighted by molar-refractivity contribution is 6.04. The van der Waals surface area contributed by atoms with Crippen molar-refractivity contribution in [2.45, 2.75) is 45.9 Å². The highest BCUT2D eigenvalue weighted by Gasteiger charge is 2.38. The molecule has 7 nitrogen and oxygen atoms in total. The third-order valence-electron chi connectivity index (χ3n) is 5.41. The first-order valence-electron chi connectivity index (χ1n) is 10.6. The Hall–Kier alpha value is -3.90. The summed E-state index contributed by atoms with van der Waals surface area (Å²) in [6, 6.07) is 4.58. The molecule has 0 N–H and O–H groups in total. The zero-order valence-electron chi connectivity index (χ0n) is 19.1. The first kappa shape index (κ1) is 25.2. The number of aryl methyl sites for hydroxylation is 2. The average Bonchev–Trinajstić information content (AvgIpc) is 3.41. The zero-order chi connectivity index (χ0) is 26.4. The van der Waals surface area contributed by atoms with E-state index in [9.17, 15) is 31.1 Å². The van der Waals surface area contributed by atoms with Crippen LogP contribution in [-0.2, 0) is 12.8 Å². The van der Waals surface area contributed by atoms with Gasteiger partial charge in [0.1, 0.15) is 12.4 Å². The first-order chi connectivity index (χ1) is 16.9. The molecule has 13 heteroatoms. The summed E-state index contributed by atoms with van der Waals surface area (Å²) in [5.74, 6) is -6.63. The normalized spacial score (nSPS) is 12.8. The van der Waals surface area contributed by atoms with Crippen LogP contribution in [0.2, 0.25) is 0 Å². The van der Waals surface area contributed by atoms with E-state index in [1.807, 2.05) is 0 Å². The second-order valence-electron chi connectivity index (χ2n) is 8.22. The van der Waals surface area contributed by atoms with Crippen molar-refractivity contribution in [2.24, 2.45) is 0 Å². The Morgan fingerprint density at radius 1 is 1.14 bits per heavy atom. The Labute approximate surface area is 199 Å². The topological polar surface area (TPSA) is 82.5 Å². The van der Waals surface area contributed by atoms with E-state index in [2.05, 4.69) is 19.8 Å². The molecule has 0 aliphatic carbocycles. The molecule has 3 heterocycles. The van der Waals surface area contributed by atoms with Crippen molar-refractivity contribution in [3.05, 3.63) is 75.8 Å². The van der Waals surface area contributed by atoms with Crippen LogP contribution in [0.4, 0.5) is 26.3 Å². The molecular weight excluding hydrogens is 494 g/mol. The zero-order valence-corrected chi connectivity index (χ0v) is 19.1. The number of ketones is 1. The molecule has 4 aromatic rings. The summed E-state index contributed by atoms with van der Waals surface area (Å²) in [6.45, 7) is 4.05. The van der Waals surface area contributed by atoms with Crippen LogP contribution < -0.4 is 4.74 Å². The van der Waals surface area contributed by atoms with Crippen LogP contribution in [0.15, 0.2) is 28.8 Å². The van der Waals surface area contributed by atoms with Gasteiger partial charge in [-0.2, -0.15) is 23.3 Å². The van der Waals surface area contributed by atoms with E-state index in [1.54, 1.807) is 19.9 Å². The van der Waals surface area contributed by atoms with Gasteiger partial charge in [-0.1, -0.05) is 12.1 Å². The molecule has 1 unspecified atom stereocenters. The lowest BCUT2D eigenvalue weighted by Gasteiger charge is -2.11. The summed E-state index contributed by atoms with van der Waals surface area (Å²) in [4.78, 5) is 16.4. The summed E-state index contributed by atoms with van der Waals surface area (Å²) >= 11 is 0. The molecule has 0 aliphatic heterocycles. The minimum Gasteiger partial charge on any atom is -0.473 e. The van der Waals surface area contributed by atoms with E-state index >= 15 is 0 Å². The quantitative estimate of drug-likeness (QED) is 0.179. The lowest BCUT2D eigenvalue weighted by Crippen LogP contribution is -2.09. The molecule has 4 rings (SSSR count). The Morgan fingerprint density at radius 2 is 1.83 bits per heavy atom. The summed E-state index contributed by atoms with van der Waals surface area (Å²) in [6.07, 6.45) is -5.04. The fraction of sp³-hybridized carbons (Fsp3) is 0.304. The maximum Gasteiger partial charge on any atom is 0.455 e. The Balaban J connectivity index is 1.62. The van der Waals surface area contributed by atoms with Gasteiger partial charge in [-0.3, -0.25) is 4.79 Å². The first-order valence-corrected chi connectivity index (χ1v) is 10.6. The molecule has 3 aromatic heterocycles. The van der Waals surface area contributed by atoms with Crippen molar-refractivity contribution in [2.75, 3.05) is 0 Å². The number of hydrogen-bond donors (Lipinski definition) is 0. The van der Waals surface area contributed by atoms with Crippen molar-refractivity contribution in [1.29, 1.82) is 0 Å². The second kappa shape index (κ2) is 9.28. The van der Waals surface area contributed by atoms with Crippen molar-refractivity contribution in [3.8, 4) is 5.88 Å². The molecule has 190 valence electrons. The second-order valence-corrected chi connectivity index (χ2v) is 8.22. The van der Waals surface area contributed by atoms with E-state index in [1.165, 1.54) is 17.5 Å². The van der Waals surface area contributed by atoms with Crippen LogP contribution in [0.5, 0.6) is 5.88 Å². The number of rotatable bonds is 7. The van der Waals surface area contributed by atoms with Crippen LogP contribution in [-0.4, -0.2) is 25.5 Å². The van der Waals surface area contributed by atoms with E-state index in [-0.39, 0.29) is 29.4 Å². The van der Waals surface area contributed by atoms with Crippen LogP contribution >= 0.6 is 0 Å². The number of halogens is 6. The predicted octanol–water partition coefficient (Wildman–Crippen LogP) is 5.73. The van der Waals surface area contributed by atoms with Gasteiger partial charge < -0.3 is 9.26 Å². The number of hydrogen-bond acceptors (Lipinski definition) is 6. The Kier molecular flexibility index (Phi) is 6.50. The van der Waals surface area contributed by atoms with Gasteiger partial charge in [0.05, 0.1) is 22.3 Å². The van der Waals surface area contributed by atoms with Gasteiger partial charge in [0.2, 0.25) is 11.8 Å². The molecule has 1 aromatic carbocycles. The minimum absolute atomic E-state index is 0.0370. The summed E-state index contributed by atoms with van der Waals surface area (Å²) in [5, 5.41) is 7.18. The highest BCUT2D eigenvalue weighted by Crippen LogP contribution is 2.31. The van der Waals surface area contributed by atoms with Crippen molar-refractivity contribution in [3.63, 3.8) is 0 Å². The molecule has 0 saturated carbocycles. The van der Waals surface area contributed by atoms with Gasteiger partial charge >= 0.3 is 6.18 Å². The molecule has 1 atom stereocenters. The molecule has 0 radical (unpaired) electrons. The third kappa shape index (κ3) is 4.77. The fourth-order valence-corrected chi connectivity index (χ4v) is 3.67. The van der Waals surface area contributed by atoms with E-state index in [0.717, 1.165) is 6.07 Å². The van der Waals surface area contributed by atoms with Gasteiger partial charge in [0.15, 0.2) is 17.4 Å². The van der Waals surface area contributed by atoms with Gasteiger partial charge in [0.25, 0.3) is 5.82 Å². The number of carbonyl (C=O) groups excluding carboxylic acids is 1. The van der Waals surface area contributed by atoms with E-state index < -0.39 is 53.3 Å². The molecule has 0 spiro atoms. The highest BCUT2D eigenvalue weighted by atomic mass is 19.4. The van der Waals surface area contributed by atoms with Crippen molar-refractivity contribution >= 4 is 11.3 Å². The van der Waals surface area contributed by atoms with E-state index in [0.29, 0.717) is 17.1 Å². The lowest BCUT2D eigenvalue weighted by atomic mass is 9.98. The standard InChI is InChI=1S/C23H18F6N4O3/c1-10-6-16-19(17(34)8-11(2)21-30-22(32-36-21)23(27,28)29)12(3)31-33(16)18(7-10)35-9-13-14(24)4-5-15(25)20(13)26/h4-7,11H,8-9H2,1-3H3. The number of fused-ring (bicyclic) bond motifs is 1. The molecule has 0 bridgehead atoms. The Morgan fingerprint density at radius 3 is 2.50 bits per heavy atom. The molecule has 0 saturated heterocycles. The molecular formula is C23H18F6N4O3. The van der Waals surface area contributed by atoms with Crippen molar-refractivity contribution < 1.29 is 40.4 Å². The third-order valence-corrected chi connectivity index (χ3v) is 5.41. The molecule has 36 heavy (non-hydrogen) atoms. The van der Waals surface area contributed by atoms with Gasteiger partial charge in [-0.25, -0.2) is 17.7 Å². The number of ether oxygens (including phenoxy) is 1. The molecule has 0 aliphatic rings. The fourth-order valence-electron chi connectivity index (χ4n) is 3.67. The average molecular weight is 512 g/mol. The van der Waals surface area contributed by atoms with Crippen LogP contribution in [0, 0.1) is 31.3 Å². The monoisotopic (exact) mass is 512 g/mol. The SMILES string of the molecule is Cc1cc(OCc2c(F)ccc(F)c2F)n2nc(C)c(C(=O)CC(C)c3nc(C(F)(F)F)no3)c2c1. The van der Waals surface area contributed by atoms with Crippen LogP contribution in [0.25, 0.3) is 5.52 Å². The largest absolute Gasteiger partial charge is 0.473 e. The van der Waals surface area contributed by atoms with Crippen LogP contribution in [0.3, 0.4) is 0 Å². The number of pyridine rings is 1. The molecule has 0 fully saturated rings. The van der Waals surface area contributed by atoms with Gasteiger partial charge in [-0.15, -0.1) is 0 Å². The van der Waals surface area contributed by atoms with Gasteiger partial charge in [0, 0.05) is 18.4 Å². The lowest BCUT2D eigenvalue weighted by molar-refractivity contribution is -0.146. The summed E-state index contributed by atoms with van der Waals surface area (Å²) in [5.41, 5.74) is 0.769. The predicted molar refractivity (Wildman–Crippen MR) is 112 cm³/mol. The Bertz CT molecular complexity index is 1460. The minimum atomic E-state index is -4.78. The van der Waals surface area contributed by atoms with E-state index in [4.69, 9.17) is 4.74 Å². The number of carbonyl (C=O) groups is 1. The van der Waals surface area contributed by atoms with Crippen molar-refractivity contribution in [1.82, 2.24) is 19.8 Å². The smallest absolute Gasteiger partial charge is 0.455 e. The number of aromatic nitrogens is 4. The number of benzene rings is 1. The maximum absolute atomic E-state index is 14.0. The number of alkyl halides is 3. The number of Topliss-reactive ketones (excluding diaryl/α,β-unsaturated/α-hetero) is 1. The summed E-state index contributed by atoms with van der Waals surface area (Å²) < 4.78 is 91.2. The van der Waals surface area contributed by atoms with Crippen LogP contribution in [0.1, 0.15) is 58.2 Å². The van der Waals surface area contributed by atoms with Gasteiger partial charge in [-0.05, 0) is 37.6 Å². The summed E-state index contributed by atoms with van der Waals surface area (Å²) in [7, 11) is 0. The number of nitrogens with zero attached hydrogens (tertiary/aromatic N) is 4. The maximum atomic E-state index is 14.0.